The molecule has 0 bridgehead atoms. The van der Waals surface area contributed by atoms with Crippen molar-refractivity contribution >= 4 is 5.78 Å². The van der Waals surface area contributed by atoms with Gasteiger partial charge in [-0.3, -0.25) is 4.79 Å². The van der Waals surface area contributed by atoms with Gasteiger partial charge in [0.05, 0.1) is 0 Å². The molecule has 0 aliphatic carbocycles. The van der Waals surface area contributed by atoms with Crippen molar-refractivity contribution in [2.45, 2.75) is 32.6 Å². The lowest BCUT2D eigenvalue weighted by atomic mass is 9.98. The number of rotatable bonds is 5. The van der Waals surface area contributed by atoms with Crippen LogP contribution in [0, 0.1) is 0 Å². The molecule has 0 aromatic heterocycles. The summed E-state index contributed by atoms with van der Waals surface area (Å²) in [6.45, 7) is 6.40. The van der Waals surface area contributed by atoms with Crippen LogP contribution >= 0.6 is 0 Å². The van der Waals surface area contributed by atoms with Crippen LogP contribution in [-0.4, -0.2) is 5.78 Å². The molecule has 1 heteroatoms. The maximum absolute atomic E-state index is 12.2. The third kappa shape index (κ3) is 4.16. The molecule has 0 aliphatic heterocycles. The molecule has 0 N–H and O–H groups in total. The Labute approximate surface area is 127 Å². The van der Waals surface area contributed by atoms with E-state index in [0.29, 0.717) is 5.92 Å². The summed E-state index contributed by atoms with van der Waals surface area (Å²) in [7, 11) is 0. The van der Waals surface area contributed by atoms with E-state index < -0.39 is 0 Å². The third-order valence-electron chi connectivity index (χ3n) is 3.72. The first-order chi connectivity index (χ1) is 10.1. The van der Waals surface area contributed by atoms with Crippen LogP contribution in [-0.2, 0) is 0 Å². The van der Waals surface area contributed by atoms with E-state index in [9.17, 15) is 4.79 Å². The first kappa shape index (κ1) is 15.2. The van der Waals surface area contributed by atoms with Crippen LogP contribution in [0.5, 0.6) is 0 Å². The molecule has 0 heterocycles. The van der Waals surface area contributed by atoms with E-state index in [2.05, 4.69) is 32.9 Å². The molecule has 1 nitrogen and oxygen atoms in total. The molecule has 1 unspecified atom stereocenters. The fourth-order valence-electron chi connectivity index (χ4n) is 2.23. The Bertz CT molecular complexity index is 606. The van der Waals surface area contributed by atoms with Crippen molar-refractivity contribution in [1.82, 2.24) is 0 Å². The Hall–Kier alpha value is -2.15. The fourth-order valence-corrected chi connectivity index (χ4v) is 2.23. The van der Waals surface area contributed by atoms with Crippen LogP contribution in [0.15, 0.2) is 66.7 Å². The number of benzene rings is 2. The molecule has 108 valence electrons. The first-order valence-corrected chi connectivity index (χ1v) is 7.45. The quantitative estimate of drug-likeness (QED) is 0.532. The van der Waals surface area contributed by atoms with Gasteiger partial charge in [-0.15, -0.1) is 0 Å². The molecule has 0 aliphatic rings. The minimum absolute atomic E-state index is 0.0630. The van der Waals surface area contributed by atoms with Gasteiger partial charge in [0, 0.05) is 5.56 Å². The van der Waals surface area contributed by atoms with E-state index in [0.717, 1.165) is 5.56 Å². The van der Waals surface area contributed by atoms with Crippen molar-refractivity contribution in [2.75, 3.05) is 0 Å². The van der Waals surface area contributed by atoms with Crippen molar-refractivity contribution in [3.63, 3.8) is 0 Å². The number of hydrogen-bond donors (Lipinski definition) is 0. The standard InChI is InChI=1S/C20H22O/c1-15(2)17-10-12-19(13-11-17)20(21)14-9-16(3)18-7-5-4-6-8-18/h4-16H,1-3H3. The second kappa shape index (κ2) is 7.03. The van der Waals surface area contributed by atoms with Crippen molar-refractivity contribution in [3.05, 3.63) is 83.4 Å². The summed E-state index contributed by atoms with van der Waals surface area (Å²) in [5.41, 5.74) is 3.22. The SMILES string of the molecule is CC(C)c1ccc(C(=O)C=CC(C)c2ccccc2)cc1. The zero-order chi connectivity index (χ0) is 15.2. The van der Waals surface area contributed by atoms with Crippen LogP contribution in [0.3, 0.4) is 0 Å². The van der Waals surface area contributed by atoms with Gasteiger partial charge in [-0.05, 0) is 29.0 Å². The van der Waals surface area contributed by atoms with Gasteiger partial charge in [-0.25, -0.2) is 0 Å². The number of carbonyl (C=O) groups excluding carboxylic acids is 1. The molecule has 0 fully saturated rings. The lowest BCUT2D eigenvalue weighted by Crippen LogP contribution is -1.97. The molecular formula is C20H22O. The Morgan fingerprint density at radius 2 is 1.48 bits per heavy atom. The van der Waals surface area contributed by atoms with Crippen molar-refractivity contribution in [3.8, 4) is 0 Å². The molecule has 2 aromatic carbocycles. The largest absolute Gasteiger partial charge is 0.289 e. The highest BCUT2D eigenvalue weighted by atomic mass is 16.1. The van der Waals surface area contributed by atoms with Crippen LogP contribution in [0.4, 0.5) is 0 Å². The predicted molar refractivity (Wildman–Crippen MR) is 88.9 cm³/mol. The number of carbonyl (C=O) groups is 1. The fraction of sp³-hybridized carbons (Fsp3) is 0.250. The molecule has 0 radical (unpaired) electrons. The zero-order valence-electron chi connectivity index (χ0n) is 12.9. The van der Waals surface area contributed by atoms with Crippen LogP contribution in [0.1, 0.15) is 54.1 Å². The monoisotopic (exact) mass is 278 g/mol. The minimum atomic E-state index is 0.0630. The number of allylic oxidation sites excluding steroid dienone is 2. The molecule has 0 saturated heterocycles. The van der Waals surface area contributed by atoms with Crippen LogP contribution in [0.25, 0.3) is 0 Å². The van der Waals surface area contributed by atoms with Crippen LogP contribution in [0.2, 0.25) is 0 Å². The topological polar surface area (TPSA) is 17.1 Å². The van der Waals surface area contributed by atoms with E-state index in [1.165, 1.54) is 11.1 Å². The lowest BCUT2D eigenvalue weighted by molar-refractivity contribution is 0.104. The predicted octanol–water partition coefficient (Wildman–Crippen LogP) is 5.35. The van der Waals surface area contributed by atoms with E-state index in [1.807, 2.05) is 48.5 Å². The van der Waals surface area contributed by atoms with Gasteiger partial charge in [0.1, 0.15) is 0 Å². The van der Waals surface area contributed by atoms with Crippen molar-refractivity contribution in [1.29, 1.82) is 0 Å². The average molecular weight is 278 g/mol. The Morgan fingerprint density at radius 3 is 2.05 bits per heavy atom. The van der Waals surface area contributed by atoms with Gasteiger partial charge in [0.25, 0.3) is 0 Å². The summed E-state index contributed by atoms with van der Waals surface area (Å²) in [4.78, 5) is 12.2. The molecule has 0 amide bonds. The minimum Gasteiger partial charge on any atom is -0.289 e. The van der Waals surface area contributed by atoms with Gasteiger partial charge < -0.3 is 0 Å². The summed E-state index contributed by atoms with van der Waals surface area (Å²) in [6.07, 6.45) is 3.65. The second-order valence-corrected chi connectivity index (χ2v) is 5.70. The molecule has 21 heavy (non-hydrogen) atoms. The Kier molecular flexibility index (Phi) is 5.10. The summed E-state index contributed by atoms with van der Waals surface area (Å²) < 4.78 is 0. The van der Waals surface area contributed by atoms with Gasteiger partial charge in [0.15, 0.2) is 5.78 Å². The van der Waals surface area contributed by atoms with Gasteiger partial charge in [-0.2, -0.15) is 0 Å². The van der Waals surface area contributed by atoms with E-state index in [-0.39, 0.29) is 11.7 Å². The number of hydrogen-bond acceptors (Lipinski definition) is 1. The zero-order valence-corrected chi connectivity index (χ0v) is 12.9. The van der Waals surface area contributed by atoms with E-state index in [4.69, 9.17) is 0 Å². The molecule has 0 spiro atoms. The normalized spacial score (nSPS) is 12.8. The summed E-state index contributed by atoms with van der Waals surface area (Å²) >= 11 is 0. The van der Waals surface area contributed by atoms with Crippen LogP contribution < -0.4 is 0 Å². The first-order valence-electron chi connectivity index (χ1n) is 7.45. The summed E-state index contributed by atoms with van der Waals surface area (Å²) in [5.74, 6) is 0.793. The third-order valence-corrected chi connectivity index (χ3v) is 3.72. The highest BCUT2D eigenvalue weighted by molar-refractivity contribution is 6.04. The van der Waals surface area contributed by atoms with Gasteiger partial charge >= 0.3 is 0 Å². The second-order valence-electron chi connectivity index (χ2n) is 5.70. The van der Waals surface area contributed by atoms with E-state index >= 15 is 0 Å². The smallest absolute Gasteiger partial charge is 0.185 e. The maximum Gasteiger partial charge on any atom is 0.185 e. The molecule has 2 rings (SSSR count). The maximum atomic E-state index is 12.2. The van der Waals surface area contributed by atoms with Gasteiger partial charge in [-0.1, -0.05) is 81.4 Å². The Balaban J connectivity index is 2.05. The van der Waals surface area contributed by atoms with Gasteiger partial charge in [0.2, 0.25) is 0 Å². The highest BCUT2D eigenvalue weighted by Crippen LogP contribution is 2.17. The molecule has 1 atom stereocenters. The van der Waals surface area contributed by atoms with E-state index in [1.54, 1.807) is 6.08 Å². The Morgan fingerprint density at radius 1 is 0.857 bits per heavy atom. The summed E-state index contributed by atoms with van der Waals surface area (Å²) in [6, 6.07) is 18.1. The molecule has 0 saturated carbocycles. The summed E-state index contributed by atoms with van der Waals surface area (Å²) in [5, 5.41) is 0. The molecule has 2 aromatic rings. The molecular weight excluding hydrogens is 256 g/mol. The average Bonchev–Trinajstić information content (AvgIpc) is 2.53. The lowest BCUT2D eigenvalue weighted by Gasteiger charge is -2.07. The number of ketones is 1. The van der Waals surface area contributed by atoms with Crippen molar-refractivity contribution in [2.24, 2.45) is 0 Å². The highest BCUT2D eigenvalue weighted by Gasteiger charge is 2.05. The van der Waals surface area contributed by atoms with Crippen molar-refractivity contribution < 1.29 is 4.79 Å².